The van der Waals surface area contributed by atoms with Crippen molar-refractivity contribution in [1.82, 2.24) is 4.90 Å². The second-order valence-electron chi connectivity index (χ2n) is 6.29. The van der Waals surface area contributed by atoms with E-state index in [1.54, 1.807) is 12.1 Å². The number of rotatable bonds is 4. The molecule has 1 fully saturated rings. The Balaban J connectivity index is 0.00000106. The van der Waals surface area contributed by atoms with Crippen LogP contribution in [0.5, 0.6) is 5.75 Å². The molecular formula is C18H30FNO. The lowest BCUT2D eigenvalue weighted by molar-refractivity contribution is 0.231. The normalized spacial score (nSPS) is 15.5. The van der Waals surface area contributed by atoms with Gasteiger partial charge in [-0.1, -0.05) is 40.7 Å². The molecule has 2 rings (SSSR count). The van der Waals surface area contributed by atoms with E-state index in [1.807, 2.05) is 19.9 Å². The van der Waals surface area contributed by atoms with E-state index in [0.29, 0.717) is 12.4 Å². The maximum atomic E-state index is 13.9. The smallest absolute Gasteiger partial charge is 0.165 e. The number of likely N-dealkylation sites (tertiary alicyclic amines) is 1. The van der Waals surface area contributed by atoms with Crippen LogP contribution in [0.3, 0.4) is 0 Å². The minimum Gasteiger partial charge on any atom is -0.489 e. The van der Waals surface area contributed by atoms with E-state index in [1.165, 1.54) is 12.8 Å². The van der Waals surface area contributed by atoms with Gasteiger partial charge in [-0.05, 0) is 49.0 Å². The number of hydrogen-bond acceptors (Lipinski definition) is 2. The van der Waals surface area contributed by atoms with Crippen LogP contribution in [0.1, 0.15) is 53.0 Å². The van der Waals surface area contributed by atoms with Crippen molar-refractivity contribution in [3.8, 4) is 5.75 Å². The molecule has 0 aliphatic carbocycles. The van der Waals surface area contributed by atoms with Gasteiger partial charge in [0.2, 0.25) is 0 Å². The Kier molecular flexibility index (Phi) is 7.16. The summed E-state index contributed by atoms with van der Waals surface area (Å²) in [5.74, 6) is 0.112. The Labute approximate surface area is 129 Å². The highest BCUT2D eigenvalue weighted by Gasteiger charge is 2.16. The molecule has 0 atom stereocenters. The molecule has 1 aliphatic rings. The van der Waals surface area contributed by atoms with Crippen molar-refractivity contribution in [3.05, 3.63) is 29.6 Å². The summed E-state index contributed by atoms with van der Waals surface area (Å²) in [7, 11) is 0. The van der Waals surface area contributed by atoms with Crippen LogP contribution < -0.4 is 4.74 Å². The number of hydrogen-bond donors (Lipinski definition) is 0. The van der Waals surface area contributed by atoms with Crippen molar-refractivity contribution in [2.75, 3.05) is 26.2 Å². The van der Waals surface area contributed by atoms with Crippen LogP contribution in [-0.2, 0) is 5.41 Å². The third kappa shape index (κ3) is 5.66. The van der Waals surface area contributed by atoms with E-state index in [2.05, 4.69) is 25.7 Å². The predicted molar refractivity (Wildman–Crippen MR) is 87.6 cm³/mol. The first-order valence-electron chi connectivity index (χ1n) is 8.12. The highest BCUT2D eigenvalue weighted by atomic mass is 19.1. The third-order valence-electron chi connectivity index (χ3n) is 3.66. The third-order valence-corrected chi connectivity index (χ3v) is 3.66. The molecule has 1 aromatic carbocycles. The molecule has 120 valence electrons. The summed E-state index contributed by atoms with van der Waals surface area (Å²) in [5.41, 5.74) is 0.964. The van der Waals surface area contributed by atoms with Crippen molar-refractivity contribution in [2.24, 2.45) is 0 Å². The van der Waals surface area contributed by atoms with Gasteiger partial charge in [0.15, 0.2) is 11.6 Å². The minimum atomic E-state index is -0.256. The van der Waals surface area contributed by atoms with E-state index >= 15 is 0 Å². The van der Waals surface area contributed by atoms with Crippen molar-refractivity contribution >= 4 is 0 Å². The van der Waals surface area contributed by atoms with Crippen molar-refractivity contribution in [3.63, 3.8) is 0 Å². The first kappa shape index (κ1) is 18.0. The average Bonchev–Trinajstić information content (AvgIpc) is 2.95. The van der Waals surface area contributed by atoms with Gasteiger partial charge in [-0.3, -0.25) is 4.90 Å². The lowest BCUT2D eigenvalue weighted by Gasteiger charge is -2.20. The number of benzene rings is 1. The molecule has 0 aromatic heterocycles. The Morgan fingerprint density at radius 2 is 1.76 bits per heavy atom. The molecule has 2 nitrogen and oxygen atoms in total. The SMILES string of the molecule is CC.CC(C)(C)c1ccc(OCCN2CCCC2)c(F)c1. The van der Waals surface area contributed by atoms with Gasteiger partial charge in [-0.15, -0.1) is 0 Å². The lowest BCUT2D eigenvalue weighted by Crippen LogP contribution is -2.25. The van der Waals surface area contributed by atoms with Crippen molar-refractivity contribution < 1.29 is 9.13 Å². The Hall–Kier alpha value is -1.09. The molecule has 1 aliphatic heterocycles. The summed E-state index contributed by atoms with van der Waals surface area (Å²) in [4.78, 5) is 2.36. The molecule has 1 aromatic rings. The van der Waals surface area contributed by atoms with Crippen molar-refractivity contribution in [2.45, 2.75) is 52.9 Å². The van der Waals surface area contributed by atoms with Gasteiger partial charge in [-0.2, -0.15) is 0 Å². The fourth-order valence-corrected chi connectivity index (χ4v) is 2.38. The highest BCUT2D eigenvalue weighted by molar-refractivity contribution is 5.32. The van der Waals surface area contributed by atoms with E-state index in [-0.39, 0.29) is 11.2 Å². The van der Waals surface area contributed by atoms with E-state index in [0.717, 1.165) is 25.2 Å². The standard InChI is InChI=1S/C16H24FNO.C2H6/c1-16(2,3)13-6-7-15(14(17)12-13)19-11-10-18-8-4-5-9-18;1-2/h6-7,12H,4-5,8-11H2,1-3H3;1-2H3. The molecule has 0 saturated carbocycles. The zero-order valence-electron chi connectivity index (χ0n) is 14.2. The van der Waals surface area contributed by atoms with Crippen LogP contribution in [0.4, 0.5) is 4.39 Å². The van der Waals surface area contributed by atoms with Crippen LogP contribution in [0, 0.1) is 5.82 Å². The summed E-state index contributed by atoms with van der Waals surface area (Å²) in [6.45, 7) is 14.0. The Morgan fingerprint density at radius 1 is 1.14 bits per heavy atom. The minimum absolute atomic E-state index is 0.0328. The predicted octanol–water partition coefficient (Wildman–Crippen LogP) is 4.62. The molecule has 3 heteroatoms. The van der Waals surface area contributed by atoms with E-state index in [4.69, 9.17) is 4.74 Å². The second kappa shape index (κ2) is 8.38. The topological polar surface area (TPSA) is 12.5 Å². The maximum Gasteiger partial charge on any atom is 0.165 e. The first-order chi connectivity index (χ1) is 9.97. The fourth-order valence-electron chi connectivity index (χ4n) is 2.38. The van der Waals surface area contributed by atoms with Gasteiger partial charge in [-0.25, -0.2) is 4.39 Å². The molecule has 1 saturated heterocycles. The van der Waals surface area contributed by atoms with Crippen molar-refractivity contribution in [1.29, 1.82) is 0 Å². The van der Waals surface area contributed by atoms with Gasteiger partial charge >= 0.3 is 0 Å². The summed E-state index contributed by atoms with van der Waals surface area (Å²) >= 11 is 0. The number of ether oxygens (including phenoxy) is 1. The van der Waals surface area contributed by atoms with Gasteiger partial charge in [0.25, 0.3) is 0 Å². The average molecular weight is 295 g/mol. The second-order valence-corrected chi connectivity index (χ2v) is 6.29. The first-order valence-corrected chi connectivity index (χ1v) is 8.12. The Morgan fingerprint density at radius 3 is 2.29 bits per heavy atom. The largest absolute Gasteiger partial charge is 0.489 e. The zero-order chi connectivity index (χ0) is 15.9. The van der Waals surface area contributed by atoms with Gasteiger partial charge in [0.05, 0.1) is 0 Å². The zero-order valence-corrected chi connectivity index (χ0v) is 14.2. The van der Waals surface area contributed by atoms with Crippen LogP contribution in [0.15, 0.2) is 18.2 Å². The molecule has 0 N–H and O–H groups in total. The summed E-state index contributed by atoms with van der Waals surface area (Å²) in [6, 6.07) is 5.29. The Bertz CT molecular complexity index is 420. The van der Waals surface area contributed by atoms with Crippen LogP contribution in [-0.4, -0.2) is 31.1 Å². The maximum absolute atomic E-state index is 13.9. The van der Waals surface area contributed by atoms with Gasteiger partial charge in [0, 0.05) is 6.54 Å². The number of halogens is 1. The van der Waals surface area contributed by atoms with Crippen LogP contribution in [0.25, 0.3) is 0 Å². The van der Waals surface area contributed by atoms with E-state index in [9.17, 15) is 4.39 Å². The van der Waals surface area contributed by atoms with Crippen LogP contribution >= 0.6 is 0 Å². The molecule has 0 radical (unpaired) electrons. The summed E-state index contributed by atoms with van der Waals surface area (Å²) in [6.07, 6.45) is 2.54. The lowest BCUT2D eigenvalue weighted by atomic mass is 9.87. The summed E-state index contributed by atoms with van der Waals surface area (Å²) in [5, 5.41) is 0. The molecule has 21 heavy (non-hydrogen) atoms. The molecule has 0 spiro atoms. The van der Waals surface area contributed by atoms with Crippen LogP contribution in [0.2, 0.25) is 0 Å². The summed E-state index contributed by atoms with van der Waals surface area (Å²) < 4.78 is 19.5. The van der Waals surface area contributed by atoms with E-state index < -0.39 is 0 Å². The molecule has 1 heterocycles. The molecular weight excluding hydrogens is 265 g/mol. The fraction of sp³-hybridized carbons (Fsp3) is 0.667. The quantitative estimate of drug-likeness (QED) is 0.803. The van der Waals surface area contributed by atoms with Gasteiger partial charge in [0.1, 0.15) is 6.61 Å². The monoisotopic (exact) mass is 295 g/mol. The number of nitrogens with zero attached hydrogens (tertiary/aromatic N) is 1. The molecule has 0 amide bonds. The molecule has 0 unspecified atom stereocenters. The highest BCUT2D eigenvalue weighted by Crippen LogP contribution is 2.27. The van der Waals surface area contributed by atoms with Gasteiger partial charge < -0.3 is 4.74 Å². The molecule has 0 bridgehead atoms.